The van der Waals surface area contributed by atoms with Crippen LogP contribution in [0.1, 0.15) is 22.8 Å². The molecule has 0 aliphatic carbocycles. The Hall–Kier alpha value is -3.06. The first-order valence-electron chi connectivity index (χ1n) is 7.99. The molecular weight excluding hydrogens is 375 g/mol. The molecule has 0 bridgehead atoms. The highest BCUT2D eigenvalue weighted by atomic mass is 35.5. The minimum absolute atomic E-state index is 0.212. The van der Waals surface area contributed by atoms with Crippen LogP contribution in [0.5, 0.6) is 11.5 Å². The van der Waals surface area contributed by atoms with Crippen LogP contribution in [0.4, 0.5) is 4.39 Å². The minimum Gasteiger partial charge on any atom is -0.493 e. The van der Waals surface area contributed by atoms with Crippen LogP contribution < -0.4 is 20.3 Å². The number of rotatable bonds is 6. The molecular formula is C19H18ClFN2O4. The Balaban J connectivity index is 1.99. The molecule has 2 rings (SSSR count). The van der Waals surface area contributed by atoms with Gasteiger partial charge in [0.15, 0.2) is 11.5 Å². The molecule has 27 heavy (non-hydrogen) atoms. The average molecular weight is 393 g/mol. The molecule has 6 nitrogen and oxygen atoms in total. The lowest BCUT2D eigenvalue weighted by Crippen LogP contribution is -2.40. The van der Waals surface area contributed by atoms with Crippen molar-refractivity contribution < 1.29 is 23.5 Å². The quantitative estimate of drug-likeness (QED) is 0.583. The van der Waals surface area contributed by atoms with Gasteiger partial charge < -0.3 is 9.47 Å². The number of carbonyl (C=O) groups excluding carboxylic acids is 2. The molecule has 0 aliphatic rings. The van der Waals surface area contributed by atoms with Crippen LogP contribution in [0.25, 0.3) is 6.08 Å². The molecule has 8 heteroatoms. The molecule has 2 aromatic carbocycles. The van der Waals surface area contributed by atoms with E-state index in [-0.39, 0.29) is 5.56 Å². The highest BCUT2D eigenvalue weighted by Gasteiger charge is 2.11. The van der Waals surface area contributed by atoms with E-state index in [0.29, 0.717) is 28.7 Å². The molecule has 0 saturated carbocycles. The van der Waals surface area contributed by atoms with Gasteiger partial charge in [-0.05, 0) is 55.0 Å². The first-order valence-corrected chi connectivity index (χ1v) is 8.36. The molecule has 0 saturated heterocycles. The van der Waals surface area contributed by atoms with Crippen molar-refractivity contribution >= 4 is 29.5 Å². The molecule has 0 fully saturated rings. The molecule has 0 unspecified atom stereocenters. The van der Waals surface area contributed by atoms with E-state index in [0.717, 1.165) is 12.1 Å². The van der Waals surface area contributed by atoms with Gasteiger partial charge in [-0.15, -0.1) is 0 Å². The molecule has 0 aromatic heterocycles. The van der Waals surface area contributed by atoms with E-state index in [1.165, 1.54) is 31.4 Å². The zero-order valence-corrected chi connectivity index (χ0v) is 15.5. The molecule has 0 atom stereocenters. The fraction of sp³-hybridized carbons (Fsp3) is 0.158. The van der Waals surface area contributed by atoms with Crippen molar-refractivity contribution in [2.24, 2.45) is 0 Å². The molecule has 0 heterocycles. The number of hydrazine groups is 1. The van der Waals surface area contributed by atoms with Crippen molar-refractivity contribution in [3.8, 4) is 11.5 Å². The van der Waals surface area contributed by atoms with Gasteiger partial charge in [-0.25, -0.2) is 4.39 Å². The molecule has 2 aromatic rings. The number of carbonyl (C=O) groups is 2. The van der Waals surface area contributed by atoms with E-state index in [1.807, 2.05) is 6.92 Å². The van der Waals surface area contributed by atoms with E-state index >= 15 is 0 Å². The van der Waals surface area contributed by atoms with Crippen molar-refractivity contribution in [1.29, 1.82) is 0 Å². The zero-order chi connectivity index (χ0) is 19.8. The number of hydrogen-bond acceptors (Lipinski definition) is 4. The first-order chi connectivity index (χ1) is 12.9. The van der Waals surface area contributed by atoms with Gasteiger partial charge in [0, 0.05) is 11.6 Å². The molecule has 2 N–H and O–H groups in total. The predicted octanol–water partition coefficient (Wildman–Crippen LogP) is 3.36. The van der Waals surface area contributed by atoms with Crippen molar-refractivity contribution in [3.05, 3.63) is 64.4 Å². The van der Waals surface area contributed by atoms with Crippen molar-refractivity contribution in [3.63, 3.8) is 0 Å². The topological polar surface area (TPSA) is 76.7 Å². The summed E-state index contributed by atoms with van der Waals surface area (Å²) in [6.07, 6.45) is 2.72. The van der Waals surface area contributed by atoms with E-state index in [2.05, 4.69) is 10.9 Å². The summed E-state index contributed by atoms with van der Waals surface area (Å²) in [5, 5.41) is 0.348. The maximum absolute atomic E-state index is 12.8. The van der Waals surface area contributed by atoms with Crippen LogP contribution in [0.15, 0.2) is 42.5 Å². The minimum atomic E-state index is -0.567. The molecule has 0 aliphatic heterocycles. The van der Waals surface area contributed by atoms with E-state index in [1.54, 1.807) is 12.1 Å². The Morgan fingerprint density at radius 2 is 1.89 bits per heavy atom. The van der Waals surface area contributed by atoms with Gasteiger partial charge in [-0.3, -0.25) is 20.4 Å². The fourth-order valence-electron chi connectivity index (χ4n) is 2.13. The largest absolute Gasteiger partial charge is 0.493 e. The van der Waals surface area contributed by atoms with Gasteiger partial charge in [-0.2, -0.15) is 0 Å². The molecule has 2 amide bonds. The lowest BCUT2D eigenvalue weighted by molar-refractivity contribution is -0.117. The third-order valence-corrected chi connectivity index (χ3v) is 3.65. The second-order valence-corrected chi connectivity index (χ2v) is 5.66. The Morgan fingerprint density at radius 1 is 1.19 bits per heavy atom. The van der Waals surface area contributed by atoms with Gasteiger partial charge in [-0.1, -0.05) is 11.6 Å². The summed E-state index contributed by atoms with van der Waals surface area (Å²) in [5.74, 6) is -0.719. The van der Waals surface area contributed by atoms with Crippen molar-refractivity contribution in [1.82, 2.24) is 10.9 Å². The van der Waals surface area contributed by atoms with Crippen LogP contribution in [-0.2, 0) is 4.79 Å². The van der Waals surface area contributed by atoms with Gasteiger partial charge in [0.05, 0.1) is 18.7 Å². The number of methoxy groups -OCH3 is 1. The highest BCUT2D eigenvalue weighted by molar-refractivity contribution is 6.32. The lowest BCUT2D eigenvalue weighted by Gasteiger charge is -2.11. The van der Waals surface area contributed by atoms with Gasteiger partial charge in [0.2, 0.25) is 0 Å². The molecule has 0 radical (unpaired) electrons. The monoisotopic (exact) mass is 392 g/mol. The summed E-state index contributed by atoms with van der Waals surface area (Å²) in [6, 6.07) is 8.20. The van der Waals surface area contributed by atoms with Crippen LogP contribution in [0.3, 0.4) is 0 Å². The Bertz CT molecular complexity index is 854. The maximum atomic E-state index is 12.8. The third-order valence-electron chi connectivity index (χ3n) is 3.37. The summed E-state index contributed by atoms with van der Waals surface area (Å²) in [6.45, 7) is 2.26. The van der Waals surface area contributed by atoms with Crippen LogP contribution >= 0.6 is 11.6 Å². The number of halogens is 2. The van der Waals surface area contributed by atoms with Gasteiger partial charge in [0.25, 0.3) is 11.8 Å². The SMILES string of the molecule is CCOc1c(Cl)cc(/C=C/C(=O)NNC(=O)c2ccc(F)cc2)cc1OC. The highest BCUT2D eigenvalue weighted by Crippen LogP contribution is 2.36. The van der Waals surface area contributed by atoms with Crippen LogP contribution in [-0.4, -0.2) is 25.5 Å². The third kappa shape index (κ3) is 5.72. The maximum Gasteiger partial charge on any atom is 0.269 e. The average Bonchev–Trinajstić information content (AvgIpc) is 2.66. The fourth-order valence-corrected chi connectivity index (χ4v) is 2.40. The van der Waals surface area contributed by atoms with Gasteiger partial charge >= 0.3 is 0 Å². The number of ether oxygens (including phenoxy) is 2. The zero-order valence-electron chi connectivity index (χ0n) is 14.7. The second-order valence-electron chi connectivity index (χ2n) is 5.25. The Kier molecular flexibility index (Phi) is 7.19. The second kappa shape index (κ2) is 9.59. The van der Waals surface area contributed by atoms with E-state index in [9.17, 15) is 14.0 Å². The summed E-state index contributed by atoms with van der Waals surface area (Å²) < 4.78 is 23.5. The predicted molar refractivity (Wildman–Crippen MR) is 100 cm³/mol. The summed E-state index contributed by atoms with van der Waals surface area (Å²) in [5.41, 5.74) is 5.29. The number of nitrogens with one attached hydrogen (secondary N) is 2. The van der Waals surface area contributed by atoms with Crippen molar-refractivity contribution in [2.75, 3.05) is 13.7 Å². The number of benzene rings is 2. The van der Waals surface area contributed by atoms with Crippen LogP contribution in [0, 0.1) is 5.82 Å². The van der Waals surface area contributed by atoms with Crippen LogP contribution in [0.2, 0.25) is 5.02 Å². The van der Waals surface area contributed by atoms with Crippen molar-refractivity contribution in [2.45, 2.75) is 6.92 Å². The van der Waals surface area contributed by atoms with Gasteiger partial charge in [0.1, 0.15) is 5.82 Å². The Morgan fingerprint density at radius 3 is 2.52 bits per heavy atom. The summed E-state index contributed by atoms with van der Waals surface area (Å²) in [7, 11) is 1.49. The molecule has 0 spiro atoms. The summed E-state index contributed by atoms with van der Waals surface area (Å²) in [4.78, 5) is 23.7. The number of hydrogen-bond donors (Lipinski definition) is 2. The Labute approximate surface area is 160 Å². The first kappa shape index (κ1) is 20.3. The normalized spacial score (nSPS) is 10.5. The van der Waals surface area contributed by atoms with E-state index in [4.69, 9.17) is 21.1 Å². The molecule has 142 valence electrons. The smallest absolute Gasteiger partial charge is 0.269 e. The number of amides is 2. The lowest BCUT2D eigenvalue weighted by atomic mass is 10.2. The summed E-state index contributed by atoms with van der Waals surface area (Å²) >= 11 is 6.17. The van der Waals surface area contributed by atoms with E-state index < -0.39 is 17.6 Å². The standard InChI is InChI=1S/C19H18ClFN2O4/c1-3-27-18-15(20)10-12(11-16(18)26-2)4-9-17(24)22-23-19(25)13-5-7-14(21)8-6-13/h4-11H,3H2,1-2H3,(H,22,24)(H,23,25)/b9-4+.